The molecular weight excluding hydrogens is 418 g/mol. The van der Waals surface area contributed by atoms with E-state index in [1.807, 2.05) is 83.4 Å². The maximum absolute atomic E-state index is 10.6. The minimum atomic E-state index is -0.610. The molecule has 0 amide bonds. The number of aromatic nitrogens is 3. The second-order valence-corrected chi connectivity index (χ2v) is 7.98. The summed E-state index contributed by atoms with van der Waals surface area (Å²) in [5.74, 6) is 1.81. The fourth-order valence-electron chi connectivity index (χ4n) is 3.12. The highest BCUT2D eigenvalue weighted by atomic mass is 35.5. The molecule has 0 unspecified atom stereocenters. The normalized spacial score (nSPS) is 12.0. The van der Waals surface area contributed by atoms with Gasteiger partial charge in [-0.1, -0.05) is 65.8 Å². The highest BCUT2D eigenvalue weighted by molar-refractivity contribution is 7.99. The molecule has 1 aromatic heterocycles. The second-order valence-electron chi connectivity index (χ2n) is 6.56. The van der Waals surface area contributed by atoms with E-state index < -0.39 is 6.10 Å². The summed E-state index contributed by atoms with van der Waals surface area (Å²) in [6.45, 7) is 0. The van der Waals surface area contributed by atoms with E-state index in [0.717, 1.165) is 16.8 Å². The number of para-hydroxylation sites is 1. The molecule has 1 atom stereocenters. The third-order valence-electron chi connectivity index (χ3n) is 4.62. The van der Waals surface area contributed by atoms with Crippen LogP contribution in [0, 0.1) is 0 Å². The van der Waals surface area contributed by atoms with Crippen molar-refractivity contribution in [2.75, 3.05) is 12.9 Å². The number of hydrogen-bond acceptors (Lipinski definition) is 5. The standard InChI is InChI=1S/C23H20ClN3O2S/c1-29-21-10-6-5-9-19(21)22-25-26-23(27(22)18-13-11-17(24)12-14-18)30-15-20(28)16-7-3-2-4-8-16/h2-14,20,28H,15H2,1H3/t20-/m0/s1. The SMILES string of the molecule is COc1ccccc1-c1nnc(SC[C@H](O)c2ccccc2)n1-c1ccc(Cl)cc1. The number of nitrogens with zero attached hydrogens (tertiary/aromatic N) is 3. The van der Waals surface area contributed by atoms with Gasteiger partial charge in [-0.3, -0.25) is 4.57 Å². The fraction of sp³-hybridized carbons (Fsp3) is 0.130. The zero-order chi connectivity index (χ0) is 20.9. The second kappa shape index (κ2) is 9.34. The van der Waals surface area contributed by atoms with Crippen molar-refractivity contribution in [3.05, 3.63) is 89.4 Å². The van der Waals surface area contributed by atoms with Gasteiger partial charge in [-0.25, -0.2) is 0 Å². The zero-order valence-electron chi connectivity index (χ0n) is 16.3. The molecule has 0 aliphatic heterocycles. The molecule has 4 aromatic rings. The van der Waals surface area contributed by atoms with Crippen molar-refractivity contribution in [1.29, 1.82) is 0 Å². The molecule has 0 saturated heterocycles. The molecule has 0 aliphatic carbocycles. The first-order chi connectivity index (χ1) is 14.7. The molecule has 3 aromatic carbocycles. The van der Waals surface area contributed by atoms with Gasteiger partial charge in [-0.15, -0.1) is 10.2 Å². The Hall–Kier alpha value is -2.80. The van der Waals surface area contributed by atoms with Crippen molar-refractivity contribution in [2.24, 2.45) is 0 Å². The molecule has 152 valence electrons. The van der Waals surface area contributed by atoms with Crippen LogP contribution < -0.4 is 4.74 Å². The summed E-state index contributed by atoms with van der Waals surface area (Å²) < 4.78 is 7.48. The van der Waals surface area contributed by atoms with E-state index in [2.05, 4.69) is 10.2 Å². The van der Waals surface area contributed by atoms with Gasteiger partial charge in [-0.05, 0) is 42.0 Å². The number of aliphatic hydroxyl groups excluding tert-OH is 1. The van der Waals surface area contributed by atoms with Crippen LogP contribution in [0.3, 0.4) is 0 Å². The molecule has 7 heteroatoms. The van der Waals surface area contributed by atoms with Crippen LogP contribution in [0.1, 0.15) is 11.7 Å². The summed E-state index contributed by atoms with van der Waals surface area (Å²) in [7, 11) is 1.63. The molecule has 1 heterocycles. The summed E-state index contributed by atoms with van der Waals surface area (Å²) in [4.78, 5) is 0. The van der Waals surface area contributed by atoms with E-state index in [4.69, 9.17) is 16.3 Å². The first-order valence-corrected chi connectivity index (χ1v) is 10.7. The molecule has 4 rings (SSSR count). The topological polar surface area (TPSA) is 60.2 Å². The molecule has 0 saturated carbocycles. The average Bonchev–Trinajstić information content (AvgIpc) is 3.22. The predicted molar refractivity (Wildman–Crippen MR) is 120 cm³/mol. The Kier molecular flexibility index (Phi) is 6.38. The first-order valence-electron chi connectivity index (χ1n) is 9.38. The monoisotopic (exact) mass is 437 g/mol. The third-order valence-corrected chi connectivity index (χ3v) is 5.88. The van der Waals surface area contributed by atoms with Gasteiger partial charge in [0.1, 0.15) is 5.75 Å². The van der Waals surface area contributed by atoms with E-state index >= 15 is 0 Å². The Morgan fingerprint density at radius 3 is 2.40 bits per heavy atom. The Balaban J connectivity index is 1.72. The van der Waals surface area contributed by atoms with Crippen molar-refractivity contribution in [3.63, 3.8) is 0 Å². The lowest BCUT2D eigenvalue weighted by molar-refractivity contribution is 0.204. The molecule has 5 nitrogen and oxygen atoms in total. The summed E-state index contributed by atoms with van der Waals surface area (Å²) in [6, 6.07) is 24.8. The smallest absolute Gasteiger partial charge is 0.196 e. The van der Waals surface area contributed by atoms with E-state index in [-0.39, 0.29) is 0 Å². The number of methoxy groups -OCH3 is 1. The lowest BCUT2D eigenvalue weighted by atomic mass is 10.1. The Morgan fingerprint density at radius 2 is 1.67 bits per heavy atom. The van der Waals surface area contributed by atoms with Gasteiger partial charge < -0.3 is 9.84 Å². The summed E-state index contributed by atoms with van der Waals surface area (Å²) in [6.07, 6.45) is -0.610. The minimum Gasteiger partial charge on any atom is -0.496 e. The van der Waals surface area contributed by atoms with Gasteiger partial charge in [-0.2, -0.15) is 0 Å². The van der Waals surface area contributed by atoms with Gasteiger partial charge in [0.05, 0.1) is 18.8 Å². The van der Waals surface area contributed by atoms with Crippen LogP contribution in [-0.4, -0.2) is 32.7 Å². The van der Waals surface area contributed by atoms with Gasteiger partial charge in [0.25, 0.3) is 0 Å². The van der Waals surface area contributed by atoms with Crippen LogP contribution in [0.25, 0.3) is 17.1 Å². The largest absolute Gasteiger partial charge is 0.496 e. The number of hydrogen-bond donors (Lipinski definition) is 1. The number of thioether (sulfide) groups is 1. The van der Waals surface area contributed by atoms with Crippen molar-refractivity contribution < 1.29 is 9.84 Å². The first kappa shape index (κ1) is 20.5. The lowest BCUT2D eigenvalue weighted by Crippen LogP contribution is -2.04. The molecule has 1 N–H and O–H groups in total. The van der Waals surface area contributed by atoms with Gasteiger partial charge >= 0.3 is 0 Å². The Labute approximate surface area is 184 Å². The summed E-state index contributed by atoms with van der Waals surface area (Å²) >= 11 is 7.53. The maximum atomic E-state index is 10.6. The number of ether oxygens (including phenoxy) is 1. The molecule has 30 heavy (non-hydrogen) atoms. The molecule has 0 spiro atoms. The number of halogens is 1. The molecule has 0 bridgehead atoms. The molecule has 0 radical (unpaired) electrons. The van der Waals surface area contributed by atoms with Crippen molar-refractivity contribution in [3.8, 4) is 22.8 Å². The predicted octanol–water partition coefficient (Wildman–Crippen LogP) is 5.42. The minimum absolute atomic E-state index is 0.446. The van der Waals surface area contributed by atoms with Crippen molar-refractivity contribution >= 4 is 23.4 Å². The van der Waals surface area contributed by atoms with Crippen LogP contribution in [0.5, 0.6) is 5.75 Å². The highest BCUT2D eigenvalue weighted by Crippen LogP contribution is 2.34. The van der Waals surface area contributed by atoms with E-state index in [9.17, 15) is 5.11 Å². The number of rotatable bonds is 7. The molecule has 0 aliphatic rings. The quantitative estimate of drug-likeness (QED) is 0.391. The molecule has 0 fully saturated rings. The van der Waals surface area contributed by atoms with Crippen LogP contribution in [0.2, 0.25) is 5.02 Å². The zero-order valence-corrected chi connectivity index (χ0v) is 17.8. The van der Waals surface area contributed by atoms with Crippen LogP contribution >= 0.6 is 23.4 Å². The molecular formula is C23H20ClN3O2S. The maximum Gasteiger partial charge on any atom is 0.196 e. The number of aliphatic hydroxyl groups is 1. The van der Waals surface area contributed by atoms with Crippen LogP contribution in [-0.2, 0) is 0 Å². The fourth-order valence-corrected chi connectivity index (χ4v) is 4.16. The lowest BCUT2D eigenvalue weighted by Gasteiger charge is -2.14. The van der Waals surface area contributed by atoms with Gasteiger partial charge in [0.15, 0.2) is 11.0 Å². The van der Waals surface area contributed by atoms with Crippen molar-refractivity contribution in [2.45, 2.75) is 11.3 Å². The highest BCUT2D eigenvalue weighted by Gasteiger charge is 2.20. The third kappa shape index (κ3) is 4.36. The van der Waals surface area contributed by atoms with Gasteiger partial charge in [0, 0.05) is 16.5 Å². The van der Waals surface area contributed by atoms with E-state index in [1.165, 1.54) is 11.8 Å². The van der Waals surface area contributed by atoms with Crippen molar-refractivity contribution in [1.82, 2.24) is 14.8 Å². The Bertz CT molecular complexity index is 1120. The van der Waals surface area contributed by atoms with Crippen LogP contribution in [0.4, 0.5) is 0 Å². The van der Waals surface area contributed by atoms with Gasteiger partial charge in [0.2, 0.25) is 0 Å². The van der Waals surface area contributed by atoms with E-state index in [0.29, 0.717) is 27.5 Å². The van der Waals surface area contributed by atoms with E-state index in [1.54, 1.807) is 7.11 Å². The summed E-state index contributed by atoms with van der Waals surface area (Å²) in [5.41, 5.74) is 2.58. The average molecular weight is 438 g/mol. The summed E-state index contributed by atoms with van der Waals surface area (Å²) in [5, 5.41) is 20.7. The number of benzene rings is 3. The van der Waals surface area contributed by atoms with Crippen LogP contribution in [0.15, 0.2) is 84.0 Å². The Morgan fingerprint density at radius 1 is 0.967 bits per heavy atom.